The number of aromatic amines is 2. The van der Waals surface area contributed by atoms with Crippen LogP contribution in [0.15, 0.2) is 16.8 Å². The summed E-state index contributed by atoms with van der Waals surface area (Å²) in [6, 6.07) is -0.258. The molecule has 0 aliphatic carbocycles. The maximum Gasteiger partial charge on any atom is 0.303 e. The average molecular weight is 656 g/mol. The molecule has 2 aromatic heterocycles. The molecule has 1 fully saturated rings. The predicted octanol–water partition coefficient (Wildman–Crippen LogP) is 3.99. The topological polar surface area (TPSA) is 163 Å². The zero-order valence-corrected chi connectivity index (χ0v) is 28.3. The summed E-state index contributed by atoms with van der Waals surface area (Å²) in [4.78, 5) is 55.3. The van der Waals surface area contributed by atoms with Gasteiger partial charge in [0, 0.05) is 41.5 Å². The van der Waals surface area contributed by atoms with Gasteiger partial charge in [-0.3, -0.25) is 19.2 Å². The number of carbonyl (C=O) groups excluding carboxylic acids is 2. The highest BCUT2D eigenvalue weighted by Crippen LogP contribution is 2.38. The lowest BCUT2D eigenvalue weighted by molar-refractivity contribution is -0.388. The second-order valence-electron chi connectivity index (χ2n) is 12.0. The Morgan fingerprint density at radius 1 is 1.07 bits per heavy atom. The first kappa shape index (κ1) is 34.4. The first-order chi connectivity index (χ1) is 21.2. The zero-order chi connectivity index (χ0) is 33.3. The van der Waals surface area contributed by atoms with Gasteiger partial charge in [0.05, 0.1) is 17.0 Å². The van der Waals surface area contributed by atoms with Crippen LogP contribution >= 0.6 is 25.3 Å². The molecule has 12 heteroatoms. The molecule has 2 aromatic rings. The van der Waals surface area contributed by atoms with Gasteiger partial charge in [0.1, 0.15) is 0 Å². The summed E-state index contributed by atoms with van der Waals surface area (Å²) < 4.78 is 0. The lowest BCUT2D eigenvalue weighted by Crippen LogP contribution is -2.32. The SMILES string of the molecule is CCC1C(=O)N/C(=C\c2[nH+][c-]([C@@H](S)c3[nH]c(C[C@H]4NC(=O)C(C)=C4[C@H](C)S)c(C)c3CCC(=O)O)c(CCC(=O)O)c2C)[C-]1C. The van der Waals surface area contributed by atoms with Crippen molar-refractivity contribution in [1.29, 1.82) is 0 Å². The van der Waals surface area contributed by atoms with Crippen molar-refractivity contribution in [2.45, 2.75) is 96.6 Å². The summed E-state index contributed by atoms with van der Waals surface area (Å²) in [7, 11) is 0. The monoisotopic (exact) mass is 655 g/mol. The van der Waals surface area contributed by atoms with Crippen LogP contribution in [-0.2, 0) is 38.4 Å². The van der Waals surface area contributed by atoms with Gasteiger partial charge in [-0.05, 0) is 61.9 Å². The lowest BCUT2D eigenvalue weighted by Gasteiger charge is -2.20. The van der Waals surface area contributed by atoms with Crippen LogP contribution in [0.25, 0.3) is 6.08 Å². The standard InChI is InChI=1S/C33H43N4O6S2/c1-7-19-14(2)24(36-33(19)43)12-22-15(3)20(8-10-26(38)39)29(34-22)31(45)30-21(9-11-27(40)41)16(4)23(35-30)13-25-28(18(6)44)17(5)32(42)37-25/h12,18-19,25,31,34-35,44-45H,7-11,13H2,1-6H3,(H,36,43)(H,37,42)(H,38,39)(H,40,41)/q-1/b24-12-/t18-,19?,25+,31+/m0/s1. The van der Waals surface area contributed by atoms with Crippen molar-refractivity contribution in [2.24, 2.45) is 5.92 Å². The van der Waals surface area contributed by atoms with E-state index in [9.17, 15) is 29.4 Å². The fourth-order valence-corrected chi connectivity index (χ4v) is 7.47. The normalized spacial score (nSPS) is 20.6. The number of carboxylic acids is 2. The molecule has 0 radical (unpaired) electrons. The number of allylic oxidation sites excluding steroid dienone is 1. The molecule has 0 spiro atoms. The lowest BCUT2D eigenvalue weighted by atomic mass is 9.92. The number of carboxylic acid groups (broad SMARTS) is 2. The largest absolute Gasteiger partial charge is 0.481 e. The number of H-pyrrole nitrogens is 2. The third kappa shape index (κ3) is 7.01. The van der Waals surface area contributed by atoms with E-state index in [-0.39, 0.29) is 54.7 Å². The maximum atomic E-state index is 12.5. The molecule has 4 rings (SSSR count). The van der Waals surface area contributed by atoms with Crippen molar-refractivity contribution in [1.82, 2.24) is 15.6 Å². The molecule has 1 saturated heterocycles. The minimum atomic E-state index is -0.925. The highest BCUT2D eigenvalue weighted by Gasteiger charge is 2.33. The van der Waals surface area contributed by atoms with Gasteiger partial charge in [0.2, 0.25) is 11.8 Å². The van der Waals surface area contributed by atoms with Crippen LogP contribution < -0.4 is 15.6 Å². The molecular formula is C33H43N4O6S2-. The van der Waals surface area contributed by atoms with Crippen molar-refractivity contribution >= 4 is 55.1 Å². The molecule has 1 unspecified atom stereocenters. The van der Waals surface area contributed by atoms with Crippen molar-refractivity contribution < 1.29 is 34.4 Å². The van der Waals surface area contributed by atoms with Crippen LogP contribution in [0.5, 0.6) is 0 Å². The highest BCUT2D eigenvalue weighted by molar-refractivity contribution is 7.81. The second kappa shape index (κ2) is 13.9. The molecule has 2 aliphatic heterocycles. The van der Waals surface area contributed by atoms with E-state index in [2.05, 4.69) is 33.2 Å². The second-order valence-corrected chi connectivity index (χ2v) is 13.3. The smallest absolute Gasteiger partial charge is 0.303 e. The molecule has 45 heavy (non-hydrogen) atoms. The summed E-state index contributed by atoms with van der Waals surface area (Å²) in [5.74, 6) is -1.25. The summed E-state index contributed by atoms with van der Waals surface area (Å²) >= 11 is 9.67. The van der Waals surface area contributed by atoms with E-state index in [0.717, 1.165) is 56.5 Å². The number of hydrogen-bond donors (Lipinski definition) is 7. The quantitative estimate of drug-likeness (QED) is 0.128. The minimum Gasteiger partial charge on any atom is -0.481 e. The van der Waals surface area contributed by atoms with E-state index >= 15 is 0 Å². The first-order valence-electron chi connectivity index (χ1n) is 15.2. The average Bonchev–Trinajstić information content (AvgIpc) is 3.63. The zero-order valence-electron chi connectivity index (χ0n) is 26.6. The molecule has 6 N–H and O–H groups in total. The van der Waals surface area contributed by atoms with E-state index in [4.69, 9.17) is 12.6 Å². The Kier molecular flexibility index (Phi) is 10.6. The third-order valence-electron chi connectivity index (χ3n) is 9.22. The van der Waals surface area contributed by atoms with Crippen LogP contribution in [-0.4, -0.2) is 50.2 Å². The Morgan fingerprint density at radius 3 is 2.29 bits per heavy atom. The Morgan fingerprint density at radius 2 is 1.71 bits per heavy atom. The molecule has 0 bridgehead atoms. The van der Waals surface area contributed by atoms with Crippen LogP contribution in [0.4, 0.5) is 0 Å². The maximum absolute atomic E-state index is 12.5. The molecule has 2 aliphatic rings. The number of rotatable bonds is 13. The van der Waals surface area contributed by atoms with Gasteiger partial charge in [-0.15, -0.1) is 18.2 Å². The van der Waals surface area contributed by atoms with Crippen molar-refractivity contribution in [3.8, 4) is 0 Å². The van der Waals surface area contributed by atoms with Gasteiger partial charge in [0.15, 0.2) is 0 Å². The van der Waals surface area contributed by atoms with Gasteiger partial charge in [-0.1, -0.05) is 25.8 Å². The molecule has 244 valence electrons. The summed E-state index contributed by atoms with van der Waals surface area (Å²) in [5.41, 5.74) is 8.73. The van der Waals surface area contributed by atoms with E-state index in [1.807, 2.05) is 40.7 Å². The minimum absolute atomic E-state index is 0.0414. The third-order valence-corrected chi connectivity index (χ3v) is 10.0. The van der Waals surface area contributed by atoms with Crippen LogP contribution in [0.2, 0.25) is 0 Å². The van der Waals surface area contributed by atoms with Gasteiger partial charge in [-0.25, -0.2) is 0 Å². The first-order valence-corrected chi connectivity index (χ1v) is 16.3. The number of nitrogens with one attached hydrogen (secondary N) is 4. The summed E-state index contributed by atoms with van der Waals surface area (Å²) in [5, 5.41) is 24.4. The molecule has 0 saturated carbocycles. The Hall–Kier alpha value is -3.51. The fraction of sp³-hybridized carbons (Fsp3) is 0.485. The van der Waals surface area contributed by atoms with Crippen LogP contribution in [0.1, 0.15) is 97.2 Å². The highest BCUT2D eigenvalue weighted by atomic mass is 32.1. The van der Waals surface area contributed by atoms with Crippen LogP contribution in [0.3, 0.4) is 0 Å². The molecule has 2 amide bonds. The van der Waals surface area contributed by atoms with Crippen molar-refractivity contribution in [2.75, 3.05) is 0 Å². The van der Waals surface area contributed by atoms with E-state index in [1.165, 1.54) is 0 Å². The predicted molar refractivity (Wildman–Crippen MR) is 177 cm³/mol. The van der Waals surface area contributed by atoms with Gasteiger partial charge >= 0.3 is 11.9 Å². The number of thiol groups is 2. The van der Waals surface area contributed by atoms with E-state index in [1.54, 1.807) is 6.92 Å². The van der Waals surface area contributed by atoms with E-state index in [0.29, 0.717) is 24.1 Å². The summed E-state index contributed by atoms with van der Waals surface area (Å²) in [6.45, 7) is 11.5. The number of carbonyl (C=O) groups is 4. The number of hydrogen-bond acceptors (Lipinski definition) is 6. The van der Waals surface area contributed by atoms with Gasteiger partial charge in [-0.2, -0.15) is 37.3 Å². The van der Waals surface area contributed by atoms with Crippen molar-refractivity contribution in [3.63, 3.8) is 0 Å². The fourth-order valence-electron chi connectivity index (χ4n) is 6.66. The molecule has 4 heterocycles. The molecule has 10 nitrogen and oxygen atoms in total. The van der Waals surface area contributed by atoms with E-state index < -0.39 is 17.2 Å². The number of amides is 2. The molecular weight excluding hydrogens is 613 g/mol. The van der Waals surface area contributed by atoms with Crippen LogP contribution in [0, 0.1) is 25.7 Å². The van der Waals surface area contributed by atoms with Gasteiger partial charge in [0.25, 0.3) is 0 Å². The Balaban J connectivity index is 1.79. The molecule has 0 aromatic carbocycles. The number of aliphatic carboxylic acids is 2. The Labute approximate surface area is 274 Å². The van der Waals surface area contributed by atoms with Crippen molar-refractivity contribution in [3.05, 3.63) is 67.8 Å². The number of aromatic nitrogens is 2. The molecule has 4 atom stereocenters. The summed E-state index contributed by atoms with van der Waals surface area (Å²) in [6.07, 6.45) is 3.42. The van der Waals surface area contributed by atoms with Gasteiger partial charge < -0.3 is 30.8 Å². The Bertz CT molecular complexity index is 1580.